The number of carbonyl (C=O) groups is 1. The molecule has 2 atom stereocenters. The van der Waals surface area contributed by atoms with Crippen molar-refractivity contribution in [1.29, 1.82) is 0 Å². The van der Waals surface area contributed by atoms with Crippen LogP contribution in [0.1, 0.15) is 31.5 Å². The summed E-state index contributed by atoms with van der Waals surface area (Å²) >= 11 is 0. The number of hydrogen-bond donors (Lipinski definition) is 2. The van der Waals surface area contributed by atoms with Crippen molar-refractivity contribution < 1.29 is 13.6 Å². The molecule has 2 N–H and O–H groups in total. The monoisotopic (exact) mass is 331 g/mol. The van der Waals surface area contributed by atoms with Gasteiger partial charge in [0.15, 0.2) is 0 Å². The Balaban J connectivity index is 1.73. The van der Waals surface area contributed by atoms with Crippen LogP contribution in [0, 0.1) is 11.6 Å². The van der Waals surface area contributed by atoms with E-state index in [1.54, 1.807) is 12.1 Å². The van der Waals surface area contributed by atoms with Crippen molar-refractivity contribution in [3.63, 3.8) is 0 Å². The smallest absolute Gasteiger partial charge is 0.237 e. The molecule has 0 spiro atoms. The van der Waals surface area contributed by atoms with Crippen LogP contribution in [-0.4, -0.2) is 23.5 Å². The van der Waals surface area contributed by atoms with Crippen molar-refractivity contribution in [3.05, 3.63) is 53.9 Å². The van der Waals surface area contributed by atoms with E-state index in [9.17, 15) is 13.6 Å². The van der Waals surface area contributed by atoms with Gasteiger partial charge in [0.1, 0.15) is 11.6 Å². The number of hydrogen-bond acceptors (Lipinski definition) is 3. The highest BCUT2D eigenvalue weighted by molar-refractivity contribution is 5.82. The number of amides is 1. The van der Waals surface area contributed by atoms with Crippen molar-refractivity contribution in [1.82, 2.24) is 15.6 Å². The molecule has 1 amide bonds. The fourth-order valence-corrected chi connectivity index (χ4v) is 2.88. The Hall–Kier alpha value is -2.34. The molecule has 0 unspecified atom stereocenters. The molecule has 0 aliphatic carbocycles. The summed E-state index contributed by atoms with van der Waals surface area (Å²) in [5.41, 5.74) is 0.913. The Bertz CT molecular complexity index is 707. The van der Waals surface area contributed by atoms with Gasteiger partial charge in [0.25, 0.3) is 0 Å². The summed E-state index contributed by atoms with van der Waals surface area (Å²) in [5.74, 6) is -1.30. The molecule has 0 saturated carbocycles. The fourth-order valence-electron chi connectivity index (χ4n) is 2.88. The molecule has 2 heterocycles. The summed E-state index contributed by atoms with van der Waals surface area (Å²) in [6.45, 7) is 2.69. The van der Waals surface area contributed by atoms with Gasteiger partial charge in [-0.3, -0.25) is 9.78 Å². The van der Waals surface area contributed by atoms with Crippen LogP contribution in [0.5, 0.6) is 0 Å². The standard InChI is InChI=1S/C18H19F2N3O/c1-11(23-18(24)16-6-3-9-21-16)15-8-7-12(10-22-15)17-13(19)4-2-5-14(17)20/h2,4-5,7-8,10-11,16,21H,3,6,9H2,1H3,(H,23,24)/t11-,16-/m0/s1. The minimum absolute atomic E-state index is 0.0500. The average molecular weight is 331 g/mol. The van der Waals surface area contributed by atoms with Gasteiger partial charge in [-0.1, -0.05) is 12.1 Å². The second kappa shape index (κ2) is 7.05. The van der Waals surface area contributed by atoms with E-state index in [1.165, 1.54) is 24.4 Å². The number of pyridine rings is 1. The van der Waals surface area contributed by atoms with Crippen LogP contribution in [0.25, 0.3) is 11.1 Å². The van der Waals surface area contributed by atoms with Gasteiger partial charge in [-0.05, 0) is 44.5 Å². The number of benzene rings is 1. The number of rotatable bonds is 4. The molecule has 1 aromatic heterocycles. The molecule has 126 valence electrons. The molecule has 24 heavy (non-hydrogen) atoms. The molecule has 4 nitrogen and oxygen atoms in total. The van der Waals surface area contributed by atoms with Gasteiger partial charge in [-0.15, -0.1) is 0 Å². The third kappa shape index (κ3) is 3.43. The Kier molecular flexibility index (Phi) is 4.85. The molecule has 1 fully saturated rings. The molecule has 3 rings (SSSR count). The molecule has 1 aromatic carbocycles. The molecule has 6 heteroatoms. The molecule has 0 bridgehead atoms. The zero-order valence-corrected chi connectivity index (χ0v) is 13.4. The van der Waals surface area contributed by atoms with Crippen molar-refractivity contribution in [3.8, 4) is 11.1 Å². The lowest BCUT2D eigenvalue weighted by molar-refractivity contribution is -0.123. The van der Waals surface area contributed by atoms with Crippen LogP contribution in [-0.2, 0) is 4.79 Å². The van der Waals surface area contributed by atoms with E-state index in [2.05, 4.69) is 15.6 Å². The first-order valence-corrected chi connectivity index (χ1v) is 8.00. The van der Waals surface area contributed by atoms with E-state index in [1.807, 2.05) is 6.92 Å². The van der Waals surface area contributed by atoms with E-state index >= 15 is 0 Å². The van der Waals surface area contributed by atoms with Crippen LogP contribution in [0.3, 0.4) is 0 Å². The number of aromatic nitrogens is 1. The van der Waals surface area contributed by atoms with E-state index in [0.717, 1.165) is 19.4 Å². The summed E-state index contributed by atoms with van der Waals surface area (Å²) in [6.07, 6.45) is 3.25. The number of nitrogens with zero attached hydrogens (tertiary/aromatic N) is 1. The van der Waals surface area contributed by atoms with Crippen LogP contribution in [0.2, 0.25) is 0 Å². The third-order valence-corrected chi connectivity index (χ3v) is 4.22. The van der Waals surface area contributed by atoms with Crippen LogP contribution < -0.4 is 10.6 Å². The van der Waals surface area contributed by atoms with Gasteiger partial charge < -0.3 is 10.6 Å². The van der Waals surface area contributed by atoms with E-state index in [4.69, 9.17) is 0 Å². The highest BCUT2D eigenvalue weighted by Gasteiger charge is 2.23. The minimum atomic E-state index is -0.627. The number of halogens is 2. The quantitative estimate of drug-likeness (QED) is 0.906. The maximum absolute atomic E-state index is 13.8. The van der Waals surface area contributed by atoms with Gasteiger partial charge >= 0.3 is 0 Å². The van der Waals surface area contributed by atoms with Gasteiger partial charge in [0.2, 0.25) is 5.91 Å². The fraction of sp³-hybridized carbons (Fsp3) is 0.333. The normalized spacial score (nSPS) is 18.4. The summed E-state index contributed by atoms with van der Waals surface area (Å²) in [5, 5.41) is 6.05. The van der Waals surface area contributed by atoms with Crippen molar-refractivity contribution >= 4 is 5.91 Å². The van der Waals surface area contributed by atoms with Crippen LogP contribution in [0.4, 0.5) is 8.78 Å². The highest BCUT2D eigenvalue weighted by atomic mass is 19.1. The summed E-state index contributed by atoms with van der Waals surface area (Å²) in [4.78, 5) is 16.4. The van der Waals surface area contributed by atoms with Crippen molar-refractivity contribution in [2.45, 2.75) is 31.8 Å². The van der Waals surface area contributed by atoms with Crippen LogP contribution in [0.15, 0.2) is 36.5 Å². The molecule has 2 aromatic rings. The van der Waals surface area contributed by atoms with Gasteiger partial charge in [-0.25, -0.2) is 8.78 Å². The van der Waals surface area contributed by atoms with Crippen LogP contribution >= 0.6 is 0 Å². The maximum atomic E-state index is 13.8. The topological polar surface area (TPSA) is 54.0 Å². The molecule has 1 aliphatic heterocycles. The predicted molar refractivity (Wildman–Crippen MR) is 87.2 cm³/mol. The number of nitrogens with one attached hydrogen (secondary N) is 2. The molecular formula is C18H19F2N3O. The van der Waals surface area contributed by atoms with Crippen molar-refractivity contribution in [2.75, 3.05) is 6.54 Å². The summed E-state index contributed by atoms with van der Waals surface area (Å²) < 4.78 is 27.6. The maximum Gasteiger partial charge on any atom is 0.237 e. The van der Waals surface area contributed by atoms with Gasteiger partial charge in [0, 0.05) is 11.8 Å². The van der Waals surface area contributed by atoms with Crippen molar-refractivity contribution in [2.24, 2.45) is 0 Å². The van der Waals surface area contributed by atoms with E-state index in [-0.39, 0.29) is 23.6 Å². The Morgan fingerprint density at radius 3 is 2.62 bits per heavy atom. The molecule has 0 radical (unpaired) electrons. The minimum Gasteiger partial charge on any atom is -0.347 e. The first kappa shape index (κ1) is 16.5. The van der Waals surface area contributed by atoms with E-state index in [0.29, 0.717) is 11.3 Å². The Labute approximate surface area is 139 Å². The molecule has 1 saturated heterocycles. The Morgan fingerprint density at radius 1 is 1.29 bits per heavy atom. The molecule has 1 aliphatic rings. The first-order valence-electron chi connectivity index (χ1n) is 8.00. The third-order valence-electron chi connectivity index (χ3n) is 4.22. The summed E-state index contributed by atoms with van der Waals surface area (Å²) in [6, 6.07) is 6.60. The zero-order chi connectivity index (χ0) is 17.1. The number of carbonyl (C=O) groups excluding carboxylic acids is 1. The zero-order valence-electron chi connectivity index (χ0n) is 13.4. The Morgan fingerprint density at radius 2 is 2.04 bits per heavy atom. The van der Waals surface area contributed by atoms with Gasteiger partial charge in [-0.2, -0.15) is 0 Å². The lowest BCUT2D eigenvalue weighted by Gasteiger charge is -2.17. The highest BCUT2D eigenvalue weighted by Crippen LogP contribution is 2.26. The largest absolute Gasteiger partial charge is 0.347 e. The second-order valence-corrected chi connectivity index (χ2v) is 5.95. The lowest BCUT2D eigenvalue weighted by atomic mass is 10.1. The first-order chi connectivity index (χ1) is 11.6. The molecular weight excluding hydrogens is 312 g/mol. The SMILES string of the molecule is C[C@H](NC(=O)[C@@H]1CCCN1)c1ccc(-c2c(F)cccc2F)cn1. The average Bonchev–Trinajstić information content (AvgIpc) is 3.10. The van der Waals surface area contributed by atoms with Gasteiger partial charge in [0.05, 0.1) is 23.3 Å². The van der Waals surface area contributed by atoms with E-state index < -0.39 is 11.6 Å². The predicted octanol–water partition coefficient (Wildman–Crippen LogP) is 2.96. The lowest BCUT2D eigenvalue weighted by Crippen LogP contribution is -2.41. The second-order valence-electron chi connectivity index (χ2n) is 5.95. The summed E-state index contributed by atoms with van der Waals surface area (Å²) in [7, 11) is 0.